The van der Waals surface area contributed by atoms with Crippen molar-refractivity contribution in [2.45, 2.75) is 37.5 Å². The van der Waals surface area contributed by atoms with Crippen molar-refractivity contribution in [1.82, 2.24) is 5.43 Å². The van der Waals surface area contributed by atoms with E-state index >= 15 is 0 Å². The summed E-state index contributed by atoms with van der Waals surface area (Å²) in [6.07, 6.45) is 3.72. The van der Waals surface area contributed by atoms with E-state index in [0.29, 0.717) is 5.69 Å². The lowest BCUT2D eigenvalue weighted by atomic mass is 9.81. The Morgan fingerprint density at radius 3 is 2.38 bits per heavy atom. The highest BCUT2D eigenvalue weighted by atomic mass is 32.2. The molecule has 0 aromatic heterocycles. The van der Waals surface area contributed by atoms with Crippen LogP contribution in [0.3, 0.4) is 0 Å². The van der Waals surface area contributed by atoms with E-state index < -0.39 is 4.87 Å². The minimum Gasteiger partial charge on any atom is -0.288 e. The number of carbonyl (C=O) groups is 2. The van der Waals surface area contributed by atoms with Gasteiger partial charge in [0.15, 0.2) is 0 Å². The Labute approximate surface area is 174 Å². The van der Waals surface area contributed by atoms with Crippen molar-refractivity contribution in [3.8, 4) is 0 Å². The first-order valence-electron chi connectivity index (χ1n) is 10.1. The number of benzene rings is 2. The Bertz CT molecular complexity index is 982. The van der Waals surface area contributed by atoms with Crippen molar-refractivity contribution in [2.75, 3.05) is 4.90 Å². The van der Waals surface area contributed by atoms with E-state index in [1.165, 1.54) is 4.90 Å². The molecule has 5 nitrogen and oxygen atoms in total. The molecule has 0 radical (unpaired) electrons. The molecule has 1 saturated heterocycles. The number of amides is 2. The predicted octanol–water partition coefficient (Wildman–Crippen LogP) is 4.24. The van der Waals surface area contributed by atoms with Gasteiger partial charge < -0.3 is 0 Å². The zero-order chi connectivity index (χ0) is 20.0. The molecular weight excluding hydrogens is 382 g/mol. The highest BCUT2D eigenvalue weighted by Crippen LogP contribution is 2.43. The first-order valence-corrected chi connectivity index (χ1v) is 11.0. The molecule has 1 aliphatic carbocycles. The maximum atomic E-state index is 13.0. The van der Waals surface area contributed by atoms with E-state index in [9.17, 15) is 9.59 Å². The van der Waals surface area contributed by atoms with Crippen molar-refractivity contribution >= 4 is 34.3 Å². The monoisotopic (exact) mass is 405 g/mol. The molecular formula is C23H23N3O2S. The number of fused-ring (bicyclic) bond motifs is 1. The van der Waals surface area contributed by atoms with E-state index in [1.807, 2.05) is 54.6 Å². The molecule has 3 atom stereocenters. The molecule has 148 valence electrons. The summed E-state index contributed by atoms with van der Waals surface area (Å²) in [5, 5.41) is 5.46. The van der Waals surface area contributed by atoms with E-state index in [-0.39, 0.29) is 23.7 Å². The molecule has 2 heterocycles. The Morgan fingerprint density at radius 2 is 1.69 bits per heavy atom. The quantitative estimate of drug-likeness (QED) is 0.776. The van der Waals surface area contributed by atoms with Crippen LogP contribution < -0.4 is 10.3 Å². The summed E-state index contributed by atoms with van der Waals surface area (Å²) in [5.41, 5.74) is 5.98. The lowest BCUT2D eigenvalue weighted by molar-refractivity contribution is -0.122. The molecule has 0 spiro atoms. The van der Waals surface area contributed by atoms with Gasteiger partial charge in [0.05, 0.1) is 17.5 Å². The second-order valence-corrected chi connectivity index (χ2v) is 9.50. The van der Waals surface area contributed by atoms with Crippen molar-refractivity contribution in [3.63, 3.8) is 0 Å². The third-order valence-electron chi connectivity index (χ3n) is 6.19. The molecule has 5 rings (SSSR count). The molecule has 2 amide bonds. The number of hydrogen-bond donors (Lipinski definition) is 1. The fourth-order valence-electron chi connectivity index (χ4n) is 4.58. The molecule has 2 fully saturated rings. The number of nitrogens with one attached hydrogen (secondary N) is 1. The van der Waals surface area contributed by atoms with E-state index in [4.69, 9.17) is 0 Å². The smallest absolute Gasteiger partial charge is 0.237 e. The van der Waals surface area contributed by atoms with Crippen LogP contribution in [0.1, 0.15) is 43.7 Å². The Hall–Kier alpha value is -2.60. The number of nitrogens with zero attached hydrogens (tertiary/aromatic N) is 2. The summed E-state index contributed by atoms with van der Waals surface area (Å²) in [6.45, 7) is 2.07. The van der Waals surface area contributed by atoms with Crippen molar-refractivity contribution in [3.05, 3.63) is 65.7 Å². The van der Waals surface area contributed by atoms with Crippen LogP contribution in [0.4, 0.5) is 5.69 Å². The molecule has 3 aliphatic rings. The van der Waals surface area contributed by atoms with Crippen LogP contribution in [0.25, 0.3) is 0 Å². The maximum absolute atomic E-state index is 13.0. The zero-order valence-corrected chi connectivity index (χ0v) is 17.1. The summed E-state index contributed by atoms with van der Waals surface area (Å²) < 4.78 is 0. The number of carbonyl (C=O) groups excluding carboxylic acids is 2. The Morgan fingerprint density at radius 1 is 1.00 bits per heavy atom. The van der Waals surface area contributed by atoms with E-state index in [2.05, 4.69) is 17.5 Å². The normalized spacial score (nSPS) is 28.9. The molecule has 1 saturated carbocycles. The first-order chi connectivity index (χ1) is 14.1. The van der Waals surface area contributed by atoms with Gasteiger partial charge in [-0.3, -0.25) is 19.9 Å². The van der Waals surface area contributed by atoms with Gasteiger partial charge in [-0.25, -0.2) is 0 Å². The third-order valence-corrected chi connectivity index (χ3v) is 7.44. The van der Waals surface area contributed by atoms with Gasteiger partial charge in [0.25, 0.3) is 0 Å². The molecule has 0 unspecified atom stereocenters. The fourth-order valence-corrected chi connectivity index (χ4v) is 5.65. The minimum atomic E-state index is -0.459. The summed E-state index contributed by atoms with van der Waals surface area (Å²) in [5.74, 6) is -0.337. The Kier molecular flexibility index (Phi) is 4.46. The van der Waals surface area contributed by atoms with E-state index in [1.54, 1.807) is 11.8 Å². The third kappa shape index (κ3) is 3.06. The van der Waals surface area contributed by atoms with Gasteiger partial charge in [-0.2, -0.15) is 5.10 Å². The van der Waals surface area contributed by atoms with Crippen LogP contribution >= 0.6 is 11.8 Å². The zero-order valence-electron chi connectivity index (χ0n) is 16.3. The number of thioether (sulfide) groups is 1. The number of hydrogen-bond acceptors (Lipinski definition) is 5. The van der Waals surface area contributed by atoms with Crippen LogP contribution in [0, 0.1) is 11.8 Å². The summed E-state index contributed by atoms with van der Waals surface area (Å²) >= 11 is 1.64. The largest absolute Gasteiger partial charge is 0.288 e. The molecule has 29 heavy (non-hydrogen) atoms. The number of imide groups is 1. The SMILES string of the molecule is C[C@@]1(c2cccc(N3C(=O)[C@H]4CCCC[C@H]4C3=O)c2)NN=C(c2ccccc2)S1. The van der Waals surface area contributed by atoms with Crippen LogP contribution in [0.2, 0.25) is 0 Å². The fraction of sp³-hybridized carbons (Fsp3) is 0.348. The standard InChI is InChI=1S/C23H23N3O2S/c1-23(25-24-20(29-23)15-8-3-2-4-9-15)16-10-7-11-17(14-16)26-21(27)18-12-5-6-13-19(18)22(26)28/h2-4,7-11,14,18-19,25H,5-6,12-13H2,1H3/t18-,19+,23-/m1/s1. The summed E-state index contributed by atoms with van der Waals surface area (Å²) in [4.78, 5) is 26.9. The molecule has 2 aromatic rings. The van der Waals surface area contributed by atoms with Gasteiger partial charge in [0.1, 0.15) is 9.91 Å². The molecule has 2 aliphatic heterocycles. The highest BCUT2D eigenvalue weighted by Gasteiger charge is 2.49. The van der Waals surface area contributed by atoms with Crippen molar-refractivity contribution in [2.24, 2.45) is 16.9 Å². The molecule has 0 bridgehead atoms. The van der Waals surface area contributed by atoms with Gasteiger partial charge in [0.2, 0.25) is 11.8 Å². The first kappa shape index (κ1) is 18.4. The van der Waals surface area contributed by atoms with Gasteiger partial charge in [-0.15, -0.1) is 0 Å². The van der Waals surface area contributed by atoms with Crippen LogP contribution in [-0.4, -0.2) is 16.9 Å². The van der Waals surface area contributed by atoms with Crippen LogP contribution in [0.15, 0.2) is 59.7 Å². The second-order valence-electron chi connectivity index (χ2n) is 8.09. The topological polar surface area (TPSA) is 61.8 Å². The Balaban J connectivity index is 1.42. The average molecular weight is 406 g/mol. The second kappa shape index (κ2) is 7.02. The van der Waals surface area contributed by atoms with Gasteiger partial charge >= 0.3 is 0 Å². The maximum Gasteiger partial charge on any atom is 0.237 e. The minimum absolute atomic E-state index is 0.0322. The van der Waals surface area contributed by atoms with Crippen molar-refractivity contribution < 1.29 is 9.59 Å². The average Bonchev–Trinajstić information content (AvgIpc) is 3.28. The lowest BCUT2D eigenvalue weighted by Crippen LogP contribution is -2.32. The van der Waals surface area contributed by atoms with Crippen molar-refractivity contribution in [1.29, 1.82) is 0 Å². The number of rotatable bonds is 3. The summed E-state index contributed by atoms with van der Waals surface area (Å²) in [6, 6.07) is 17.8. The number of anilines is 1. The van der Waals surface area contributed by atoms with Gasteiger partial charge in [-0.05, 0) is 37.5 Å². The molecule has 2 aromatic carbocycles. The highest BCUT2D eigenvalue weighted by molar-refractivity contribution is 8.15. The van der Waals surface area contributed by atoms with Gasteiger partial charge in [-0.1, -0.05) is 67.1 Å². The predicted molar refractivity (Wildman–Crippen MR) is 115 cm³/mol. The molecule has 1 N–H and O–H groups in total. The van der Waals surface area contributed by atoms with Crippen LogP contribution in [-0.2, 0) is 14.5 Å². The summed E-state index contributed by atoms with van der Waals surface area (Å²) in [7, 11) is 0. The van der Waals surface area contributed by atoms with Gasteiger partial charge in [0, 0.05) is 5.56 Å². The lowest BCUT2D eigenvalue weighted by Gasteiger charge is -2.25. The number of hydrazone groups is 1. The van der Waals surface area contributed by atoms with E-state index in [0.717, 1.165) is 41.9 Å². The molecule has 6 heteroatoms. The van der Waals surface area contributed by atoms with Crippen LogP contribution in [0.5, 0.6) is 0 Å².